The summed E-state index contributed by atoms with van der Waals surface area (Å²) in [5.74, 6) is 1.69. The van der Waals surface area contributed by atoms with E-state index in [4.69, 9.17) is 15.0 Å². The molecule has 3 rings (SSSR count). The SMILES string of the molecule is Nc1cccc(-c2noc(COc3ccccc3)n2)c1. The van der Waals surface area contributed by atoms with Gasteiger partial charge in [-0.15, -0.1) is 0 Å². The van der Waals surface area contributed by atoms with Crippen LogP contribution in [0, 0.1) is 0 Å². The molecule has 5 nitrogen and oxygen atoms in total. The van der Waals surface area contributed by atoms with Crippen LogP contribution in [0.3, 0.4) is 0 Å². The summed E-state index contributed by atoms with van der Waals surface area (Å²) in [5, 5.41) is 3.92. The molecule has 1 aromatic heterocycles. The molecule has 100 valence electrons. The summed E-state index contributed by atoms with van der Waals surface area (Å²) in [7, 11) is 0. The van der Waals surface area contributed by atoms with E-state index in [0.29, 0.717) is 17.4 Å². The van der Waals surface area contributed by atoms with Crippen molar-refractivity contribution in [3.63, 3.8) is 0 Å². The first-order valence-electron chi connectivity index (χ1n) is 6.17. The highest BCUT2D eigenvalue weighted by atomic mass is 16.5. The summed E-state index contributed by atoms with van der Waals surface area (Å²) in [6.45, 7) is 0.235. The second kappa shape index (κ2) is 5.44. The molecular formula is C15H13N3O2. The van der Waals surface area contributed by atoms with E-state index in [1.54, 1.807) is 6.07 Å². The second-order valence-electron chi connectivity index (χ2n) is 4.24. The number of para-hydroxylation sites is 1. The van der Waals surface area contributed by atoms with E-state index in [0.717, 1.165) is 11.3 Å². The molecule has 0 radical (unpaired) electrons. The van der Waals surface area contributed by atoms with Crippen molar-refractivity contribution >= 4 is 5.69 Å². The van der Waals surface area contributed by atoms with Crippen molar-refractivity contribution in [1.82, 2.24) is 10.1 Å². The third-order valence-electron chi connectivity index (χ3n) is 2.72. The maximum Gasteiger partial charge on any atom is 0.264 e. The third-order valence-corrected chi connectivity index (χ3v) is 2.72. The van der Waals surface area contributed by atoms with Crippen LogP contribution >= 0.6 is 0 Å². The lowest BCUT2D eigenvalue weighted by molar-refractivity contribution is 0.243. The fourth-order valence-corrected chi connectivity index (χ4v) is 1.77. The summed E-state index contributed by atoms with van der Waals surface area (Å²) in [5.41, 5.74) is 7.21. The predicted octanol–water partition coefficient (Wildman–Crippen LogP) is 2.90. The van der Waals surface area contributed by atoms with Gasteiger partial charge in [-0.1, -0.05) is 35.5 Å². The lowest BCUT2D eigenvalue weighted by atomic mass is 10.2. The van der Waals surface area contributed by atoms with Crippen LogP contribution in [-0.2, 0) is 6.61 Å². The van der Waals surface area contributed by atoms with Crippen LogP contribution in [0.5, 0.6) is 5.75 Å². The number of nitrogens with two attached hydrogens (primary N) is 1. The molecule has 0 bridgehead atoms. The molecule has 3 aromatic rings. The zero-order valence-corrected chi connectivity index (χ0v) is 10.7. The standard InChI is InChI=1S/C15H13N3O2/c16-12-6-4-5-11(9-12)15-17-14(20-18-15)10-19-13-7-2-1-3-8-13/h1-9H,10,16H2. The van der Waals surface area contributed by atoms with Crippen molar-refractivity contribution in [3.05, 3.63) is 60.5 Å². The number of ether oxygens (including phenoxy) is 1. The predicted molar refractivity (Wildman–Crippen MR) is 74.9 cm³/mol. The zero-order chi connectivity index (χ0) is 13.8. The van der Waals surface area contributed by atoms with Gasteiger partial charge in [-0.2, -0.15) is 4.98 Å². The Morgan fingerprint density at radius 2 is 1.90 bits per heavy atom. The number of anilines is 1. The molecule has 0 fully saturated rings. The van der Waals surface area contributed by atoms with Gasteiger partial charge < -0.3 is 15.0 Å². The molecule has 5 heteroatoms. The number of nitrogen functional groups attached to an aromatic ring is 1. The van der Waals surface area contributed by atoms with Crippen LogP contribution in [0.1, 0.15) is 5.89 Å². The molecule has 20 heavy (non-hydrogen) atoms. The van der Waals surface area contributed by atoms with Crippen molar-refractivity contribution in [2.24, 2.45) is 0 Å². The minimum atomic E-state index is 0.235. The third kappa shape index (κ3) is 2.77. The number of aromatic nitrogens is 2. The van der Waals surface area contributed by atoms with E-state index in [9.17, 15) is 0 Å². The molecule has 1 heterocycles. The van der Waals surface area contributed by atoms with E-state index >= 15 is 0 Å². The Morgan fingerprint density at radius 1 is 1.05 bits per heavy atom. The maximum absolute atomic E-state index is 5.73. The van der Waals surface area contributed by atoms with Gasteiger partial charge in [0.15, 0.2) is 6.61 Å². The number of nitrogens with zero attached hydrogens (tertiary/aromatic N) is 2. The zero-order valence-electron chi connectivity index (χ0n) is 10.7. The van der Waals surface area contributed by atoms with Gasteiger partial charge in [0.05, 0.1) is 0 Å². The number of rotatable bonds is 4. The minimum absolute atomic E-state index is 0.235. The fourth-order valence-electron chi connectivity index (χ4n) is 1.77. The molecule has 0 atom stereocenters. The van der Waals surface area contributed by atoms with Crippen molar-refractivity contribution in [2.45, 2.75) is 6.61 Å². The van der Waals surface area contributed by atoms with Crippen molar-refractivity contribution in [3.8, 4) is 17.1 Å². The Bertz CT molecular complexity index is 695. The number of benzene rings is 2. The maximum atomic E-state index is 5.73. The Balaban J connectivity index is 1.71. The van der Waals surface area contributed by atoms with Crippen molar-refractivity contribution in [2.75, 3.05) is 5.73 Å². The van der Waals surface area contributed by atoms with Gasteiger partial charge in [0, 0.05) is 11.3 Å². The Kier molecular flexibility index (Phi) is 3.33. The topological polar surface area (TPSA) is 74.2 Å². The largest absolute Gasteiger partial charge is 0.484 e. The van der Waals surface area contributed by atoms with Gasteiger partial charge in [0.2, 0.25) is 5.82 Å². The molecule has 0 amide bonds. The van der Waals surface area contributed by atoms with Gasteiger partial charge in [-0.05, 0) is 24.3 Å². The summed E-state index contributed by atoms with van der Waals surface area (Å²) < 4.78 is 10.7. The Hall–Kier alpha value is -2.82. The number of hydrogen-bond acceptors (Lipinski definition) is 5. The average Bonchev–Trinajstić information content (AvgIpc) is 2.95. The molecule has 2 N–H and O–H groups in total. The van der Waals surface area contributed by atoms with Crippen LogP contribution in [0.4, 0.5) is 5.69 Å². The quantitative estimate of drug-likeness (QED) is 0.736. The highest BCUT2D eigenvalue weighted by Crippen LogP contribution is 2.19. The van der Waals surface area contributed by atoms with Crippen LogP contribution in [0.15, 0.2) is 59.1 Å². The highest BCUT2D eigenvalue weighted by molar-refractivity contribution is 5.60. The van der Waals surface area contributed by atoms with Gasteiger partial charge in [0.25, 0.3) is 5.89 Å². The van der Waals surface area contributed by atoms with E-state index in [2.05, 4.69) is 10.1 Å². The first-order valence-corrected chi connectivity index (χ1v) is 6.17. The summed E-state index contributed by atoms with van der Waals surface area (Å²) in [4.78, 5) is 4.28. The normalized spacial score (nSPS) is 10.4. The van der Waals surface area contributed by atoms with Crippen LogP contribution in [0.25, 0.3) is 11.4 Å². The van der Waals surface area contributed by atoms with Crippen molar-refractivity contribution in [1.29, 1.82) is 0 Å². The lowest BCUT2D eigenvalue weighted by Crippen LogP contribution is -1.95. The van der Waals surface area contributed by atoms with E-state index in [-0.39, 0.29) is 6.61 Å². The molecule has 0 spiro atoms. The molecule has 0 saturated carbocycles. The molecule has 0 aliphatic carbocycles. The lowest BCUT2D eigenvalue weighted by Gasteiger charge is -2.01. The monoisotopic (exact) mass is 267 g/mol. The van der Waals surface area contributed by atoms with E-state index in [1.807, 2.05) is 48.5 Å². The van der Waals surface area contributed by atoms with Gasteiger partial charge in [-0.3, -0.25) is 0 Å². The van der Waals surface area contributed by atoms with Crippen LogP contribution in [0.2, 0.25) is 0 Å². The molecule has 0 aliphatic heterocycles. The van der Waals surface area contributed by atoms with E-state index in [1.165, 1.54) is 0 Å². The highest BCUT2D eigenvalue weighted by Gasteiger charge is 2.09. The average molecular weight is 267 g/mol. The summed E-state index contributed by atoms with van der Waals surface area (Å²) in [6, 6.07) is 16.8. The first kappa shape index (κ1) is 12.2. The van der Waals surface area contributed by atoms with Gasteiger partial charge in [0.1, 0.15) is 5.75 Å². The summed E-state index contributed by atoms with van der Waals surface area (Å²) in [6.07, 6.45) is 0. The molecule has 0 aliphatic rings. The second-order valence-corrected chi connectivity index (χ2v) is 4.24. The fraction of sp³-hybridized carbons (Fsp3) is 0.0667. The smallest absolute Gasteiger partial charge is 0.264 e. The number of hydrogen-bond donors (Lipinski definition) is 1. The van der Waals surface area contributed by atoms with Crippen LogP contribution in [-0.4, -0.2) is 10.1 Å². The molecule has 2 aromatic carbocycles. The molecular weight excluding hydrogens is 254 g/mol. The minimum Gasteiger partial charge on any atom is -0.484 e. The van der Waals surface area contributed by atoms with Crippen LogP contribution < -0.4 is 10.5 Å². The Labute approximate surface area is 116 Å². The molecule has 0 unspecified atom stereocenters. The first-order chi connectivity index (χ1) is 9.81. The van der Waals surface area contributed by atoms with Crippen molar-refractivity contribution < 1.29 is 9.26 Å². The van der Waals surface area contributed by atoms with Gasteiger partial charge >= 0.3 is 0 Å². The Morgan fingerprint density at radius 3 is 2.70 bits per heavy atom. The molecule has 0 saturated heterocycles. The van der Waals surface area contributed by atoms with Gasteiger partial charge in [-0.25, -0.2) is 0 Å². The summed E-state index contributed by atoms with van der Waals surface area (Å²) >= 11 is 0. The van der Waals surface area contributed by atoms with E-state index < -0.39 is 0 Å².